The number of unbranched alkanes of at least 4 members (excludes halogenated alkanes) is 2. The summed E-state index contributed by atoms with van der Waals surface area (Å²) in [6.45, 7) is 7.61. The summed E-state index contributed by atoms with van der Waals surface area (Å²) in [5.41, 5.74) is 4.81. The van der Waals surface area contributed by atoms with E-state index in [1.54, 1.807) is 0 Å². The maximum Gasteiger partial charge on any atom is 0.251 e. The molecule has 198 valence electrons. The van der Waals surface area contributed by atoms with Crippen LogP contribution in [0.1, 0.15) is 60.4 Å². The molecule has 0 bridgehead atoms. The molecule has 38 heavy (non-hydrogen) atoms. The standard InChI is InChI=1S/C32H38N4O2/c1-24(2)35(22-26-14-6-4-7-15-26)31(37)23-36-29-18-10-9-17-28(29)34-30(36)19-8-5-11-20-33-32(38)27-16-12-13-25(3)21-27/h4,6-7,9-10,12-18,21,24H,5,8,11,19-20,22-23H2,1-3H3,(H,33,38). The van der Waals surface area contributed by atoms with Crippen LogP contribution in [0.3, 0.4) is 0 Å². The molecule has 3 aromatic carbocycles. The van der Waals surface area contributed by atoms with E-state index in [0.717, 1.165) is 53.7 Å². The molecular formula is C32H38N4O2. The molecule has 0 saturated heterocycles. The lowest BCUT2D eigenvalue weighted by Gasteiger charge is -2.27. The van der Waals surface area contributed by atoms with Gasteiger partial charge in [-0.2, -0.15) is 0 Å². The van der Waals surface area contributed by atoms with E-state index in [2.05, 4.69) is 35.9 Å². The number of aromatic nitrogens is 2. The summed E-state index contributed by atoms with van der Waals surface area (Å²) in [6.07, 6.45) is 3.59. The van der Waals surface area contributed by atoms with Crippen LogP contribution in [0.4, 0.5) is 0 Å². The largest absolute Gasteiger partial charge is 0.352 e. The number of imidazole rings is 1. The van der Waals surface area contributed by atoms with Gasteiger partial charge in [0.15, 0.2) is 0 Å². The molecule has 0 radical (unpaired) electrons. The van der Waals surface area contributed by atoms with E-state index in [1.165, 1.54) is 0 Å². The summed E-state index contributed by atoms with van der Waals surface area (Å²) in [7, 11) is 0. The molecule has 0 fully saturated rings. The van der Waals surface area contributed by atoms with Crippen molar-refractivity contribution in [2.45, 2.75) is 65.6 Å². The van der Waals surface area contributed by atoms with Gasteiger partial charge in [0.1, 0.15) is 12.4 Å². The van der Waals surface area contributed by atoms with Crippen molar-refractivity contribution < 1.29 is 9.59 Å². The quantitative estimate of drug-likeness (QED) is 0.240. The van der Waals surface area contributed by atoms with Gasteiger partial charge in [0.05, 0.1) is 11.0 Å². The molecule has 6 nitrogen and oxygen atoms in total. The molecular weight excluding hydrogens is 472 g/mol. The van der Waals surface area contributed by atoms with Gasteiger partial charge < -0.3 is 14.8 Å². The Kier molecular flexibility index (Phi) is 9.30. The smallest absolute Gasteiger partial charge is 0.251 e. The maximum atomic E-state index is 13.5. The molecule has 0 unspecified atom stereocenters. The first-order valence-electron chi connectivity index (χ1n) is 13.5. The zero-order valence-electron chi connectivity index (χ0n) is 22.7. The number of para-hydroxylation sites is 2. The fourth-order valence-electron chi connectivity index (χ4n) is 4.73. The molecule has 4 aromatic rings. The second kappa shape index (κ2) is 13.0. The number of fused-ring (bicyclic) bond motifs is 1. The van der Waals surface area contributed by atoms with Crippen molar-refractivity contribution in [1.82, 2.24) is 19.8 Å². The number of hydrogen-bond acceptors (Lipinski definition) is 3. The third-order valence-corrected chi connectivity index (χ3v) is 6.81. The first-order chi connectivity index (χ1) is 18.4. The Labute approximate surface area is 225 Å². The third kappa shape index (κ3) is 7.09. The van der Waals surface area contributed by atoms with Gasteiger partial charge in [-0.25, -0.2) is 4.98 Å². The highest BCUT2D eigenvalue weighted by atomic mass is 16.2. The molecule has 1 N–H and O–H groups in total. The highest BCUT2D eigenvalue weighted by Crippen LogP contribution is 2.19. The van der Waals surface area contributed by atoms with Gasteiger partial charge in [-0.3, -0.25) is 9.59 Å². The topological polar surface area (TPSA) is 67.2 Å². The third-order valence-electron chi connectivity index (χ3n) is 6.81. The minimum atomic E-state index is -0.0285. The van der Waals surface area contributed by atoms with Crippen LogP contribution < -0.4 is 5.32 Å². The highest BCUT2D eigenvalue weighted by molar-refractivity contribution is 5.94. The van der Waals surface area contributed by atoms with E-state index in [9.17, 15) is 9.59 Å². The maximum absolute atomic E-state index is 13.5. The second-order valence-electron chi connectivity index (χ2n) is 10.1. The van der Waals surface area contributed by atoms with Crippen molar-refractivity contribution >= 4 is 22.8 Å². The molecule has 1 aromatic heterocycles. The molecule has 6 heteroatoms. The van der Waals surface area contributed by atoms with E-state index >= 15 is 0 Å². The average Bonchev–Trinajstić information content (AvgIpc) is 3.26. The van der Waals surface area contributed by atoms with Crippen LogP contribution in [0, 0.1) is 6.92 Å². The molecule has 0 aliphatic carbocycles. The van der Waals surface area contributed by atoms with Crippen LogP contribution in [-0.4, -0.2) is 38.9 Å². The molecule has 0 aliphatic heterocycles. The number of rotatable bonds is 12. The van der Waals surface area contributed by atoms with Crippen LogP contribution in [0.5, 0.6) is 0 Å². The number of aryl methyl sites for hydroxylation is 2. The van der Waals surface area contributed by atoms with Crippen molar-refractivity contribution in [3.63, 3.8) is 0 Å². The Morgan fingerprint density at radius 1 is 0.921 bits per heavy atom. The van der Waals surface area contributed by atoms with Gasteiger partial charge >= 0.3 is 0 Å². The fraction of sp³-hybridized carbons (Fsp3) is 0.344. The minimum Gasteiger partial charge on any atom is -0.352 e. The zero-order valence-corrected chi connectivity index (χ0v) is 22.7. The highest BCUT2D eigenvalue weighted by Gasteiger charge is 2.20. The Balaban J connectivity index is 1.35. The van der Waals surface area contributed by atoms with Crippen LogP contribution in [0.25, 0.3) is 11.0 Å². The van der Waals surface area contributed by atoms with E-state index < -0.39 is 0 Å². The number of hydrogen-bond donors (Lipinski definition) is 1. The molecule has 2 amide bonds. The number of benzene rings is 3. The van der Waals surface area contributed by atoms with Crippen molar-refractivity contribution in [3.05, 3.63) is 101 Å². The predicted octanol–water partition coefficient (Wildman–Crippen LogP) is 5.92. The van der Waals surface area contributed by atoms with Crippen LogP contribution >= 0.6 is 0 Å². The summed E-state index contributed by atoms with van der Waals surface area (Å²) in [4.78, 5) is 32.7. The first kappa shape index (κ1) is 27.1. The summed E-state index contributed by atoms with van der Waals surface area (Å²) < 4.78 is 2.08. The summed E-state index contributed by atoms with van der Waals surface area (Å²) in [5, 5.41) is 3.02. The summed E-state index contributed by atoms with van der Waals surface area (Å²) in [6, 6.07) is 25.9. The first-order valence-corrected chi connectivity index (χ1v) is 13.5. The average molecular weight is 511 g/mol. The molecule has 4 rings (SSSR count). The summed E-state index contributed by atoms with van der Waals surface area (Å²) >= 11 is 0. The van der Waals surface area contributed by atoms with E-state index in [1.807, 2.05) is 78.6 Å². The molecule has 0 saturated carbocycles. The van der Waals surface area contributed by atoms with Crippen LogP contribution in [0.2, 0.25) is 0 Å². The number of carbonyl (C=O) groups excluding carboxylic acids is 2. The van der Waals surface area contributed by atoms with E-state index in [-0.39, 0.29) is 24.4 Å². The Hall–Kier alpha value is -3.93. The van der Waals surface area contributed by atoms with Gasteiger partial charge in [0.2, 0.25) is 5.91 Å². The number of amides is 2. The lowest BCUT2D eigenvalue weighted by molar-refractivity contribution is -0.134. The zero-order chi connectivity index (χ0) is 26.9. The Morgan fingerprint density at radius 3 is 2.45 bits per heavy atom. The van der Waals surface area contributed by atoms with Crippen molar-refractivity contribution in [2.75, 3.05) is 6.54 Å². The van der Waals surface area contributed by atoms with Crippen molar-refractivity contribution in [2.24, 2.45) is 0 Å². The lowest BCUT2D eigenvalue weighted by Crippen LogP contribution is -2.38. The van der Waals surface area contributed by atoms with E-state index in [0.29, 0.717) is 18.7 Å². The van der Waals surface area contributed by atoms with Gasteiger partial charge in [-0.1, -0.05) is 66.6 Å². The summed E-state index contributed by atoms with van der Waals surface area (Å²) in [5.74, 6) is 0.998. The molecule has 0 spiro atoms. The number of nitrogens with zero attached hydrogens (tertiary/aromatic N) is 3. The molecule has 1 heterocycles. The lowest BCUT2D eigenvalue weighted by atomic mass is 10.1. The van der Waals surface area contributed by atoms with Gasteiger partial charge in [0.25, 0.3) is 5.91 Å². The fourth-order valence-corrected chi connectivity index (χ4v) is 4.73. The van der Waals surface area contributed by atoms with Crippen molar-refractivity contribution in [3.8, 4) is 0 Å². The normalized spacial score (nSPS) is 11.2. The Bertz CT molecular complexity index is 1360. The predicted molar refractivity (Wildman–Crippen MR) is 153 cm³/mol. The van der Waals surface area contributed by atoms with Crippen molar-refractivity contribution in [1.29, 1.82) is 0 Å². The van der Waals surface area contributed by atoms with Gasteiger partial charge in [-0.05, 0) is 63.4 Å². The second-order valence-corrected chi connectivity index (χ2v) is 10.1. The minimum absolute atomic E-state index is 0.0285. The van der Waals surface area contributed by atoms with E-state index in [4.69, 9.17) is 4.98 Å². The monoisotopic (exact) mass is 510 g/mol. The van der Waals surface area contributed by atoms with Gasteiger partial charge in [-0.15, -0.1) is 0 Å². The SMILES string of the molecule is Cc1cccc(C(=O)NCCCCCc2nc3ccccc3n2CC(=O)N(Cc2ccccc2)C(C)C)c1. The number of nitrogens with one attached hydrogen (secondary N) is 1. The number of carbonyl (C=O) groups is 2. The Morgan fingerprint density at radius 2 is 1.68 bits per heavy atom. The van der Waals surface area contributed by atoms with Crippen LogP contribution in [0.15, 0.2) is 78.9 Å². The van der Waals surface area contributed by atoms with Gasteiger partial charge in [0, 0.05) is 31.1 Å². The molecule has 0 atom stereocenters. The van der Waals surface area contributed by atoms with Crippen LogP contribution in [-0.2, 0) is 24.3 Å². The molecule has 0 aliphatic rings.